The fourth-order valence-corrected chi connectivity index (χ4v) is 2.38. The molecule has 0 saturated carbocycles. The summed E-state index contributed by atoms with van der Waals surface area (Å²) < 4.78 is 10.4. The number of para-hydroxylation sites is 1. The van der Waals surface area contributed by atoms with Crippen molar-refractivity contribution in [1.29, 1.82) is 5.26 Å². The molecule has 6 nitrogen and oxygen atoms in total. The Hall–Kier alpha value is -3.04. The van der Waals surface area contributed by atoms with Crippen LogP contribution in [0.3, 0.4) is 0 Å². The van der Waals surface area contributed by atoms with Crippen molar-refractivity contribution in [1.82, 2.24) is 0 Å². The summed E-state index contributed by atoms with van der Waals surface area (Å²) in [7, 11) is 0. The quantitative estimate of drug-likeness (QED) is 0.576. The van der Waals surface area contributed by atoms with E-state index in [0.29, 0.717) is 10.8 Å². The summed E-state index contributed by atoms with van der Waals surface area (Å²) in [5.41, 5.74) is -0.218. The second-order valence-corrected chi connectivity index (χ2v) is 5.65. The summed E-state index contributed by atoms with van der Waals surface area (Å²) in [6, 6.07) is 11.1. The molecule has 0 bridgehead atoms. The number of ketones is 1. The van der Waals surface area contributed by atoms with Gasteiger partial charge in [0.15, 0.2) is 5.78 Å². The molecule has 0 fully saturated rings. The zero-order valence-electron chi connectivity index (χ0n) is 14.0. The van der Waals surface area contributed by atoms with Gasteiger partial charge in [-0.25, -0.2) is 0 Å². The molecule has 0 saturated heterocycles. The number of rotatable bonds is 7. The van der Waals surface area contributed by atoms with E-state index in [2.05, 4.69) is 0 Å². The van der Waals surface area contributed by atoms with Gasteiger partial charge in [-0.2, -0.15) is 5.26 Å². The molecular weight excluding hydrogens is 358 g/mol. The number of hydrogen-bond donors (Lipinski definition) is 1. The third-order valence-electron chi connectivity index (χ3n) is 3.43. The smallest absolute Gasteiger partial charge is 0.306 e. The molecule has 7 heteroatoms. The van der Waals surface area contributed by atoms with Crippen LogP contribution in [-0.2, 0) is 9.53 Å². The molecule has 134 valence electrons. The highest BCUT2D eigenvalue weighted by molar-refractivity contribution is 6.32. The Bertz CT molecular complexity index is 873. The molecule has 26 heavy (non-hydrogen) atoms. The van der Waals surface area contributed by atoms with Crippen molar-refractivity contribution in [3.8, 4) is 23.3 Å². The molecular formula is C19H16ClNO5. The van der Waals surface area contributed by atoms with Gasteiger partial charge < -0.3 is 14.6 Å². The molecule has 0 aliphatic carbocycles. The number of nitriles is 1. The number of esters is 1. The Balaban J connectivity index is 2.28. The van der Waals surface area contributed by atoms with Crippen LogP contribution < -0.4 is 4.74 Å². The van der Waals surface area contributed by atoms with Crippen LogP contribution in [0, 0.1) is 11.3 Å². The average molecular weight is 374 g/mol. The second kappa shape index (κ2) is 8.88. The number of carbonyl (C=O) groups excluding carboxylic acids is 2. The van der Waals surface area contributed by atoms with Gasteiger partial charge in [0, 0.05) is 12.5 Å². The van der Waals surface area contributed by atoms with Gasteiger partial charge >= 0.3 is 5.97 Å². The number of ether oxygens (including phenoxy) is 2. The van der Waals surface area contributed by atoms with Gasteiger partial charge in [0.05, 0.1) is 29.2 Å². The van der Waals surface area contributed by atoms with Crippen LogP contribution in [0.5, 0.6) is 17.2 Å². The first kappa shape index (κ1) is 19.3. The van der Waals surface area contributed by atoms with E-state index >= 15 is 0 Å². The molecule has 0 radical (unpaired) electrons. The average Bonchev–Trinajstić information content (AvgIpc) is 2.63. The highest BCUT2D eigenvalue weighted by Crippen LogP contribution is 2.34. The molecule has 1 N–H and O–H groups in total. The van der Waals surface area contributed by atoms with Gasteiger partial charge in [-0.1, -0.05) is 23.7 Å². The summed E-state index contributed by atoms with van der Waals surface area (Å²) in [5.74, 6) is -0.950. The third-order valence-corrected chi connectivity index (χ3v) is 3.74. The van der Waals surface area contributed by atoms with Crippen molar-refractivity contribution in [2.24, 2.45) is 0 Å². The first-order chi connectivity index (χ1) is 12.5. The van der Waals surface area contributed by atoms with Crippen molar-refractivity contribution < 1.29 is 24.2 Å². The lowest BCUT2D eigenvalue weighted by molar-refractivity contribution is -0.143. The number of benzene rings is 2. The minimum Gasteiger partial charge on any atom is -0.506 e. The molecule has 0 aliphatic rings. The number of hydrogen-bond acceptors (Lipinski definition) is 6. The highest BCUT2D eigenvalue weighted by Gasteiger charge is 2.19. The maximum atomic E-state index is 12.4. The number of phenolic OH excluding ortho intramolecular Hbond substituents is 1. The van der Waals surface area contributed by atoms with Crippen molar-refractivity contribution in [2.75, 3.05) is 6.61 Å². The van der Waals surface area contributed by atoms with E-state index in [4.69, 9.17) is 21.1 Å². The first-order valence-corrected chi connectivity index (χ1v) is 8.22. The van der Waals surface area contributed by atoms with Crippen LogP contribution in [0.4, 0.5) is 0 Å². The van der Waals surface area contributed by atoms with Gasteiger partial charge in [0.1, 0.15) is 23.3 Å². The van der Waals surface area contributed by atoms with Crippen LogP contribution in [0.25, 0.3) is 0 Å². The SMILES string of the molecule is CCOC(=O)CCC(=O)c1cc(Oc2ccccc2Cl)cc(C#N)c1O. The number of carbonyl (C=O) groups is 2. The predicted octanol–water partition coefficient (Wildman–Crippen LogP) is 4.24. The van der Waals surface area contributed by atoms with Gasteiger partial charge in [-0.05, 0) is 25.1 Å². The summed E-state index contributed by atoms with van der Waals surface area (Å²) in [6.45, 7) is 1.89. The van der Waals surface area contributed by atoms with Crippen LogP contribution in [-0.4, -0.2) is 23.5 Å². The van der Waals surface area contributed by atoms with Crippen LogP contribution in [0.2, 0.25) is 5.02 Å². The molecule has 2 aromatic rings. The van der Waals surface area contributed by atoms with E-state index in [0.717, 1.165) is 0 Å². The second-order valence-electron chi connectivity index (χ2n) is 5.24. The summed E-state index contributed by atoms with van der Waals surface area (Å²) in [5, 5.41) is 19.7. The van der Waals surface area contributed by atoms with E-state index in [9.17, 15) is 20.0 Å². The Labute approximate surface area is 155 Å². The zero-order valence-corrected chi connectivity index (χ0v) is 14.7. The minimum atomic E-state index is -0.510. The number of halogens is 1. The highest BCUT2D eigenvalue weighted by atomic mass is 35.5. The minimum absolute atomic E-state index is 0.101. The lowest BCUT2D eigenvalue weighted by Crippen LogP contribution is -2.08. The summed E-state index contributed by atoms with van der Waals surface area (Å²) in [4.78, 5) is 23.8. The van der Waals surface area contributed by atoms with Crippen molar-refractivity contribution in [3.05, 3.63) is 52.5 Å². The number of Topliss-reactive ketones (excluding diaryl/α,β-unsaturated/α-hetero) is 1. The Morgan fingerprint density at radius 3 is 2.62 bits per heavy atom. The summed E-state index contributed by atoms with van der Waals surface area (Å²) in [6.07, 6.45) is -0.281. The lowest BCUT2D eigenvalue weighted by atomic mass is 10.0. The molecule has 0 heterocycles. The molecule has 0 aromatic heterocycles. The lowest BCUT2D eigenvalue weighted by Gasteiger charge is -2.11. The van der Waals surface area contributed by atoms with E-state index in [1.165, 1.54) is 12.1 Å². The Morgan fingerprint density at radius 2 is 1.96 bits per heavy atom. The molecule has 0 unspecified atom stereocenters. The standard InChI is InChI=1S/C19H16ClNO5/c1-2-25-18(23)8-7-16(22)14-10-13(9-12(11-21)19(14)24)26-17-6-4-3-5-15(17)20/h3-6,9-10,24H,2,7-8H2,1H3. The van der Waals surface area contributed by atoms with E-state index in [1.807, 2.05) is 6.07 Å². The largest absolute Gasteiger partial charge is 0.506 e. The van der Waals surface area contributed by atoms with Crippen molar-refractivity contribution in [2.45, 2.75) is 19.8 Å². The third kappa shape index (κ3) is 4.74. The van der Waals surface area contributed by atoms with Gasteiger partial charge in [0.2, 0.25) is 0 Å². The van der Waals surface area contributed by atoms with Crippen molar-refractivity contribution >= 4 is 23.4 Å². The predicted molar refractivity (Wildman–Crippen MR) is 94.5 cm³/mol. The normalized spacial score (nSPS) is 10.0. The van der Waals surface area contributed by atoms with E-state index in [1.54, 1.807) is 31.2 Å². The first-order valence-electron chi connectivity index (χ1n) is 7.84. The molecule has 0 spiro atoms. The van der Waals surface area contributed by atoms with Gasteiger partial charge in [0.25, 0.3) is 0 Å². The monoisotopic (exact) mass is 373 g/mol. The number of aromatic hydroxyl groups is 1. The Kier molecular flexibility index (Phi) is 6.59. The zero-order chi connectivity index (χ0) is 19.1. The van der Waals surface area contributed by atoms with Gasteiger partial charge in [-0.3, -0.25) is 9.59 Å². The van der Waals surface area contributed by atoms with E-state index in [-0.39, 0.29) is 36.3 Å². The van der Waals surface area contributed by atoms with E-state index < -0.39 is 17.5 Å². The molecule has 2 rings (SSSR count). The Morgan fingerprint density at radius 1 is 1.23 bits per heavy atom. The molecule has 0 aliphatic heterocycles. The van der Waals surface area contributed by atoms with Crippen LogP contribution in [0.15, 0.2) is 36.4 Å². The molecule has 2 aromatic carbocycles. The topological polar surface area (TPSA) is 96.6 Å². The number of phenols is 1. The van der Waals surface area contributed by atoms with Gasteiger partial charge in [-0.15, -0.1) is 0 Å². The fraction of sp³-hybridized carbons (Fsp3) is 0.211. The van der Waals surface area contributed by atoms with Crippen LogP contribution >= 0.6 is 11.6 Å². The summed E-state index contributed by atoms with van der Waals surface area (Å²) >= 11 is 6.04. The fourth-order valence-electron chi connectivity index (χ4n) is 2.20. The molecule has 0 atom stereocenters. The van der Waals surface area contributed by atoms with Crippen molar-refractivity contribution in [3.63, 3.8) is 0 Å². The number of nitrogens with zero attached hydrogens (tertiary/aromatic N) is 1. The maximum absolute atomic E-state index is 12.4. The van der Waals surface area contributed by atoms with Crippen LogP contribution in [0.1, 0.15) is 35.7 Å². The molecule has 0 amide bonds. The maximum Gasteiger partial charge on any atom is 0.306 e.